The zero-order chi connectivity index (χ0) is 12.2. The van der Waals surface area contributed by atoms with E-state index in [0.717, 1.165) is 12.3 Å². The molecule has 0 radical (unpaired) electrons. The van der Waals surface area contributed by atoms with E-state index in [-0.39, 0.29) is 0 Å². The second kappa shape index (κ2) is 6.02. The zero-order valence-corrected chi connectivity index (χ0v) is 11.3. The Morgan fingerprint density at radius 1 is 1.19 bits per heavy atom. The van der Waals surface area contributed by atoms with Crippen LogP contribution in [0.4, 0.5) is 0 Å². The molecule has 96 valence electrons. The summed E-state index contributed by atoms with van der Waals surface area (Å²) in [6, 6.07) is 0.826. The molecule has 1 aliphatic carbocycles. The van der Waals surface area contributed by atoms with Crippen LogP contribution < -0.4 is 11.5 Å². The van der Waals surface area contributed by atoms with Crippen LogP contribution in [0, 0.1) is 11.3 Å². The fourth-order valence-corrected chi connectivity index (χ4v) is 2.98. The quantitative estimate of drug-likeness (QED) is 0.757. The second-order valence-electron chi connectivity index (χ2n) is 6.47. The molecule has 2 nitrogen and oxygen atoms in total. The minimum atomic E-state index is 0.357. The van der Waals surface area contributed by atoms with Crippen molar-refractivity contribution in [3.63, 3.8) is 0 Å². The number of nitrogens with two attached hydrogens (primary N) is 2. The van der Waals surface area contributed by atoms with Gasteiger partial charge in [0, 0.05) is 12.1 Å². The van der Waals surface area contributed by atoms with Crippen molar-refractivity contribution in [2.24, 2.45) is 22.8 Å². The van der Waals surface area contributed by atoms with Gasteiger partial charge >= 0.3 is 0 Å². The van der Waals surface area contributed by atoms with E-state index in [9.17, 15) is 0 Å². The van der Waals surface area contributed by atoms with Crippen LogP contribution in [-0.2, 0) is 0 Å². The lowest BCUT2D eigenvalue weighted by Crippen LogP contribution is -2.33. The Kier molecular flexibility index (Phi) is 5.26. The molecule has 0 aliphatic heterocycles. The normalized spacial score (nSPS) is 29.1. The summed E-state index contributed by atoms with van der Waals surface area (Å²) in [5.41, 5.74) is 12.2. The van der Waals surface area contributed by atoms with Crippen LogP contribution in [0.1, 0.15) is 65.7 Å². The predicted octanol–water partition coefficient (Wildman–Crippen LogP) is 3.05. The maximum Gasteiger partial charge on any atom is 0.00390 e. The summed E-state index contributed by atoms with van der Waals surface area (Å²) >= 11 is 0. The van der Waals surface area contributed by atoms with Crippen molar-refractivity contribution in [2.75, 3.05) is 0 Å². The molecular formula is C14H30N2. The lowest BCUT2D eigenvalue weighted by atomic mass is 9.68. The van der Waals surface area contributed by atoms with Crippen molar-refractivity contribution >= 4 is 0 Å². The zero-order valence-electron chi connectivity index (χ0n) is 11.3. The van der Waals surface area contributed by atoms with Crippen molar-refractivity contribution in [1.82, 2.24) is 0 Å². The number of hydrogen-bond acceptors (Lipinski definition) is 2. The van der Waals surface area contributed by atoms with E-state index < -0.39 is 0 Å². The van der Waals surface area contributed by atoms with Crippen LogP contribution >= 0.6 is 0 Å². The van der Waals surface area contributed by atoms with Crippen LogP contribution in [0.3, 0.4) is 0 Å². The third kappa shape index (κ3) is 4.42. The van der Waals surface area contributed by atoms with Gasteiger partial charge in [0.2, 0.25) is 0 Å². The van der Waals surface area contributed by atoms with Gasteiger partial charge in [-0.1, -0.05) is 20.3 Å². The van der Waals surface area contributed by atoms with E-state index in [2.05, 4.69) is 20.8 Å². The molecule has 0 aromatic heterocycles. The maximum absolute atomic E-state index is 5.96. The van der Waals surface area contributed by atoms with E-state index in [1.54, 1.807) is 0 Å². The minimum absolute atomic E-state index is 0.357. The molecule has 0 heterocycles. The van der Waals surface area contributed by atoms with Crippen LogP contribution in [0.2, 0.25) is 0 Å². The SMILES string of the molecule is CC(N)CCCC(C)(C)C1CCC(N)CC1. The summed E-state index contributed by atoms with van der Waals surface area (Å²) in [4.78, 5) is 0. The minimum Gasteiger partial charge on any atom is -0.328 e. The average Bonchev–Trinajstić information content (AvgIpc) is 2.17. The lowest BCUT2D eigenvalue weighted by Gasteiger charge is -2.39. The van der Waals surface area contributed by atoms with Crippen LogP contribution in [-0.4, -0.2) is 12.1 Å². The topological polar surface area (TPSA) is 52.0 Å². The van der Waals surface area contributed by atoms with Crippen LogP contribution in [0.25, 0.3) is 0 Å². The van der Waals surface area contributed by atoms with Gasteiger partial charge in [0.15, 0.2) is 0 Å². The number of rotatable bonds is 5. The molecule has 16 heavy (non-hydrogen) atoms. The third-order valence-electron chi connectivity index (χ3n) is 4.36. The summed E-state index contributed by atoms with van der Waals surface area (Å²) in [7, 11) is 0. The van der Waals surface area contributed by atoms with Crippen molar-refractivity contribution < 1.29 is 0 Å². The van der Waals surface area contributed by atoms with Gasteiger partial charge in [0.25, 0.3) is 0 Å². The standard InChI is InChI=1S/C14H30N2/c1-11(15)5-4-10-14(2,3)12-6-8-13(16)9-7-12/h11-13H,4-10,15-16H2,1-3H3. The molecule has 0 aromatic rings. The molecule has 0 amide bonds. The summed E-state index contributed by atoms with van der Waals surface area (Å²) in [5.74, 6) is 0.875. The fourth-order valence-electron chi connectivity index (χ4n) is 2.98. The first-order valence-electron chi connectivity index (χ1n) is 6.93. The van der Waals surface area contributed by atoms with E-state index in [4.69, 9.17) is 11.5 Å². The van der Waals surface area contributed by atoms with Gasteiger partial charge in [0.05, 0.1) is 0 Å². The third-order valence-corrected chi connectivity index (χ3v) is 4.36. The van der Waals surface area contributed by atoms with Gasteiger partial charge in [-0.3, -0.25) is 0 Å². The molecule has 1 atom stereocenters. The molecule has 0 bridgehead atoms. The Bertz CT molecular complexity index is 191. The Hall–Kier alpha value is -0.0800. The van der Waals surface area contributed by atoms with Crippen molar-refractivity contribution in [1.29, 1.82) is 0 Å². The van der Waals surface area contributed by atoms with E-state index in [1.807, 2.05) is 0 Å². The van der Waals surface area contributed by atoms with Gasteiger partial charge in [-0.15, -0.1) is 0 Å². The van der Waals surface area contributed by atoms with Gasteiger partial charge in [-0.25, -0.2) is 0 Å². The first-order chi connectivity index (χ1) is 7.42. The molecule has 1 saturated carbocycles. The highest BCUT2D eigenvalue weighted by Crippen LogP contribution is 2.41. The largest absolute Gasteiger partial charge is 0.328 e. The molecule has 1 aliphatic rings. The summed E-state index contributed by atoms with van der Waals surface area (Å²) in [6.07, 6.45) is 8.85. The fraction of sp³-hybridized carbons (Fsp3) is 1.00. The molecule has 4 N–H and O–H groups in total. The van der Waals surface area contributed by atoms with Gasteiger partial charge in [-0.05, 0) is 56.8 Å². The van der Waals surface area contributed by atoms with Crippen LogP contribution in [0.5, 0.6) is 0 Å². The Balaban J connectivity index is 2.32. The Morgan fingerprint density at radius 2 is 1.75 bits per heavy atom. The molecule has 1 unspecified atom stereocenters. The van der Waals surface area contributed by atoms with Gasteiger partial charge < -0.3 is 11.5 Å². The first kappa shape index (κ1) is 14.0. The molecule has 1 fully saturated rings. The Morgan fingerprint density at radius 3 is 2.25 bits per heavy atom. The molecule has 2 heteroatoms. The van der Waals surface area contributed by atoms with E-state index in [0.29, 0.717) is 17.5 Å². The highest BCUT2D eigenvalue weighted by Gasteiger charge is 2.31. The van der Waals surface area contributed by atoms with Gasteiger partial charge in [0.1, 0.15) is 0 Å². The summed E-state index contributed by atoms with van der Waals surface area (Å²) in [5, 5.41) is 0. The van der Waals surface area contributed by atoms with Crippen molar-refractivity contribution in [2.45, 2.75) is 77.8 Å². The van der Waals surface area contributed by atoms with Gasteiger partial charge in [-0.2, -0.15) is 0 Å². The number of hydrogen-bond donors (Lipinski definition) is 2. The smallest absolute Gasteiger partial charge is 0.00390 e. The predicted molar refractivity (Wildman–Crippen MR) is 71.2 cm³/mol. The molecule has 0 aromatic carbocycles. The monoisotopic (exact) mass is 226 g/mol. The highest BCUT2D eigenvalue weighted by atomic mass is 14.6. The first-order valence-corrected chi connectivity index (χ1v) is 6.93. The molecular weight excluding hydrogens is 196 g/mol. The molecule has 1 rings (SSSR count). The Labute approximate surface area is 101 Å². The van der Waals surface area contributed by atoms with Crippen LogP contribution in [0.15, 0.2) is 0 Å². The van der Waals surface area contributed by atoms with Crippen molar-refractivity contribution in [3.05, 3.63) is 0 Å². The van der Waals surface area contributed by atoms with Crippen molar-refractivity contribution in [3.8, 4) is 0 Å². The lowest BCUT2D eigenvalue weighted by molar-refractivity contribution is 0.134. The maximum atomic E-state index is 5.96. The summed E-state index contributed by atoms with van der Waals surface area (Å²) < 4.78 is 0. The van der Waals surface area contributed by atoms with E-state index in [1.165, 1.54) is 38.5 Å². The average molecular weight is 226 g/mol. The molecule has 0 spiro atoms. The van der Waals surface area contributed by atoms with E-state index >= 15 is 0 Å². The second-order valence-corrected chi connectivity index (χ2v) is 6.47. The molecule has 0 saturated heterocycles. The summed E-state index contributed by atoms with van der Waals surface area (Å²) in [6.45, 7) is 6.96. The highest BCUT2D eigenvalue weighted by molar-refractivity contribution is 4.84.